The summed E-state index contributed by atoms with van der Waals surface area (Å²) in [5.74, 6) is 0.475. The van der Waals surface area contributed by atoms with Crippen LogP contribution in [0.2, 0.25) is 0 Å². The van der Waals surface area contributed by atoms with Gasteiger partial charge in [-0.1, -0.05) is 6.07 Å². The molecule has 0 radical (unpaired) electrons. The van der Waals surface area contributed by atoms with Crippen LogP contribution < -0.4 is 11.4 Å². The summed E-state index contributed by atoms with van der Waals surface area (Å²) in [7, 11) is 3.60. The molecule has 0 bridgehead atoms. The van der Waals surface area contributed by atoms with Gasteiger partial charge < -0.3 is 5.73 Å². The molecule has 8 nitrogen and oxygen atoms in total. The number of nitrogen functional groups attached to an aromatic ring is 1. The Morgan fingerprint density at radius 3 is 2.48 bits per heavy atom. The van der Waals surface area contributed by atoms with Crippen LogP contribution in [0.25, 0.3) is 38.8 Å². The number of fused-ring (bicyclic) bond motifs is 3. The average molecular weight is 385 g/mol. The Kier molecular flexibility index (Phi) is 3.57. The molecule has 8 heteroatoms. The third-order valence-corrected chi connectivity index (χ3v) is 5.23. The largest absolute Gasteiger partial charge is 0.384 e. The van der Waals surface area contributed by atoms with E-state index in [1.165, 1.54) is 0 Å². The third kappa shape index (κ3) is 2.53. The second-order valence-electron chi connectivity index (χ2n) is 7.15. The van der Waals surface area contributed by atoms with E-state index in [4.69, 9.17) is 5.73 Å². The van der Waals surface area contributed by atoms with Crippen LogP contribution in [0.15, 0.2) is 53.7 Å². The molecule has 0 saturated heterocycles. The van der Waals surface area contributed by atoms with Gasteiger partial charge in [0.15, 0.2) is 0 Å². The number of benzene rings is 1. The molecule has 4 aromatic heterocycles. The molecular formula is C21H19N7O. The lowest BCUT2D eigenvalue weighted by atomic mass is 10.0. The highest BCUT2D eigenvalue weighted by atomic mass is 16.1. The minimum absolute atomic E-state index is 0.134. The zero-order valence-corrected chi connectivity index (χ0v) is 16.3. The van der Waals surface area contributed by atoms with E-state index in [2.05, 4.69) is 15.1 Å². The Hall–Kier alpha value is -3.94. The van der Waals surface area contributed by atoms with Crippen LogP contribution in [-0.4, -0.2) is 28.9 Å². The maximum absolute atomic E-state index is 13.1. The molecule has 29 heavy (non-hydrogen) atoms. The Bertz CT molecular complexity index is 1450. The third-order valence-electron chi connectivity index (χ3n) is 5.23. The predicted molar refractivity (Wildman–Crippen MR) is 113 cm³/mol. The van der Waals surface area contributed by atoms with Crippen LogP contribution in [0.3, 0.4) is 0 Å². The van der Waals surface area contributed by atoms with Gasteiger partial charge in [0.1, 0.15) is 5.82 Å². The summed E-state index contributed by atoms with van der Waals surface area (Å²) in [6, 6.07) is 9.70. The molecule has 0 unspecified atom stereocenters. The first-order valence-corrected chi connectivity index (χ1v) is 9.17. The van der Waals surface area contributed by atoms with Crippen molar-refractivity contribution in [2.45, 2.75) is 6.92 Å². The zero-order valence-electron chi connectivity index (χ0n) is 16.3. The van der Waals surface area contributed by atoms with E-state index in [1.54, 1.807) is 39.3 Å². The smallest absolute Gasteiger partial charge is 0.333 e. The SMILES string of the molecule is Cc1nn(C)cc1-n1c(=O)n(C)c2cnc3ccc(-c4ccc(N)nc4)cc3c21. The summed E-state index contributed by atoms with van der Waals surface area (Å²) >= 11 is 0. The molecule has 0 amide bonds. The summed E-state index contributed by atoms with van der Waals surface area (Å²) in [5, 5.41) is 5.30. The molecule has 0 aliphatic heterocycles. The molecule has 0 atom stereocenters. The van der Waals surface area contributed by atoms with Crippen LogP contribution >= 0.6 is 0 Å². The first-order chi connectivity index (χ1) is 13.9. The van der Waals surface area contributed by atoms with Gasteiger partial charge in [0.05, 0.1) is 34.1 Å². The second-order valence-corrected chi connectivity index (χ2v) is 7.15. The highest BCUT2D eigenvalue weighted by Gasteiger charge is 2.19. The molecule has 0 fully saturated rings. The fourth-order valence-electron chi connectivity index (χ4n) is 3.78. The molecule has 0 saturated carbocycles. The van der Waals surface area contributed by atoms with Crippen molar-refractivity contribution >= 4 is 27.8 Å². The predicted octanol–water partition coefficient (Wildman–Crippen LogP) is 2.56. The van der Waals surface area contributed by atoms with Gasteiger partial charge >= 0.3 is 5.69 Å². The number of imidazole rings is 1. The first-order valence-electron chi connectivity index (χ1n) is 9.17. The molecule has 0 spiro atoms. The van der Waals surface area contributed by atoms with Crippen molar-refractivity contribution in [2.75, 3.05) is 5.73 Å². The van der Waals surface area contributed by atoms with Crippen LogP contribution in [-0.2, 0) is 14.1 Å². The monoisotopic (exact) mass is 385 g/mol. The number of aryl methyl sites for hydroxylation is 3. The number of nitrogens with zero attached hydrogens (tertiary/aromatic N) is 6. The number of rotatable bonds is 2. The van der Waals surface area contributed by atoms with Gasteiger partial charge in [-0.15, -0.1) is 0 Å². The van der Waals surface area contributed by atoms with E-state index < -0.39 is 0 Å². The van der Waals surface area contributed by atoms with Gasteiger partial charge in [-0.3, -0.25) is 18.8 Å². The summed E-state index contributed by atoms with van der Waals surface area (Å²) in [5.41, 5.74) is 11.4. The Balaban J connectivity index is 1.89. The van der Waals surface area contributed by atoms with Gasteiger partial charge in [0.2, 0.25) is 0 Å². The average Bonchev–Trinajstić information content (AvgIpc) is 3.17. The standard InChI is InChI=1S/C21H19N7O/c1-12-18(11-26(2)25-12)28-20-15-8-13(14-5-7-19(22)24-9-14)4-6-16(15)23-10-17(20)27(3)21(28)29/h4-11H,1-3H3,(H2,22,24). The zero-order chi connectivity index (χ0) is 20.3. The van der Waals surface area contributed by atoms with Gasteiger partial charge in [-0.05, 0) is 36.8 Å². The quantitative estimate of drug-likeness (QED) is 0.504. The fourth-order valence-corrected chi connectivity index (χ4v) is 3.78. The maximum atomic E-state index is 13.1. The number of hydrogen-bond donors (Lipinski definition) is 1. The maximum Gasteiger partial charge on any atom is 0.333 e. The van der Waals surface area contributed by atoms with Gasteiger partial charge in [-0.2, -0.15) is 5.10 Å². The summed E-state index contributed by atoms with van der Waals surface area (Å²) in [6.07, 6.45) is 5.34. The molecule has 4 heterocycles. The van der Waals surface area contributed by atoms with Gasteiger partial charge in [0, 0.05) is 37.4 Å². The van der Waals surface area contributed by atoms with Crippen molar-refractivity contribution in [1.29, 1.82) is 0 Å². The number of pyridine rings is 2. The minimum Gasteiger partial charge on any atom is -0.384 e. The van der Waals surface area contributed by atoms with Gasteiger partial charge in [-0.25, -0.2) is 9.78 Å². The van der Waals surface area contributed by atoms with Crippen molar-refractivity contribution in [3.05, 3.63) is 65.1 Å². The number of nitrogens with two attached hydrogens (primary N) is 1. The Morgan fingerprint density at radius 1 is 1.00 bits per heavy atom. The molecule has 5 aromatic rings. The fraction of sp³-hybridized carbons (Fsp3) is 0.143. The van der Waals surface area contributed by atoms with E-state index in [9.17, 15) is 4.79 Å². The molecule has 0 aliphatic carbocycles. The van der Waals surface area contributed by atoms with E-state index in [0.717, 1.165) is 44.4 Å². The van der Waals surface area contributed by atoms with Crippen molar-refractivity contribution in [3.63, 3.8) is 0 Å². The van der Waals surface area contributed by atoms with Crippen molar-refractivity contribution in [2.24, 2.45) is 14.1 Å². The van der Waals surface area contributed by atoms with E-state index in [-0.39, 0.29) is 5.69 Å². The lowest BCUT2D eigenvalue weighted by Gasteiger charge is -2.07. The molecule has 1 aromatic carbocycles. The van der Waals surface area contributed by atoms with Crippen LogP contribution in [0.1, 0.15) is 5.69 Å². The Labute approximate surface area is 165 Å². The van der Waals surface area contributed by atoms with E-state index in [1.807, 2.05) is 44.4 Å². The molecular weight excluding hydrogens is 366 g/mol. The highest BCUT2D eigenvalue weighted by molar-refractivity contribution is 6.04. The molecule has 0 aliphatic rings. The number of aromatic nitrogens is 6. The number of anilines is 1. The molecule has 2 N–H and O–H groups in total. The van der Waals surface area contributed by atoms with Crippen LogP contribution in [0.5, 0.6) is 0 Å². The topological polar surface area (TPSA) is 96.5 Å². The molecule has 144 valence electrons. The normalized spacial score (nSPS) is 11.6. The summed E-state index contributed by atoms with van der Waals surface area (Å²) < 4.78 is 5.04. The summed E-state index contributed by atoms with van der Waals surface area (Å²) in [6.45, 7) is 1.90. The first kappa shape index (κ1) is 17.2. The highest BCUT2D eigenvalue weighted by Crippen LogP contribution is 2.30. The van der Waals surface area contributed by atoms with E-state index >= 15 is 0 Å². The lowest BCUT2D eigenvalue weighted by molar-refractivity contribution is 0.756. The van der Waals surface area contributed by atoms with Crippen LogP contribution in [0, 0.1) is 6.92 Å². The van der Waals surface area contributed by atoms with Gasteiger partial charge in [0.25, 0.3) is 0 Å². The summed E-state index contributed by atoms with van der Waals surface area (Å²) in [4.78, 5) is 21.9. The van der Waals surface area contributed by atoms with Crippen molar-refractivity contribution < 1.29 is 0 Å². The lowest BCUT2D eigenvalue weighted by Crippen LogP contribution is -2.21. The van der Waals surface area contributed by atoms with Crippen molar-refractivity contribution in [1.82, 2.24) is 28.9 Å². The minimum atomic E-state index is -0.134. The van der Waals surface area contributed by atoms with Crippen molar-refractivity contribution in [3.8, 4) is 16.8 Å². The number of hydrogen-bond acceptors (Lipinski definition) is 5. The Morgan fingerprint density at radius 2 is 1.79 bits per heavy atom. The van der Waals surface area contributed by atoms with E-state index in [0.29, 0.717) is 5.82 Å². The molecule has 5 rings (SSSR count). The second kappa shape index (κ2) is 6.03. The van der Waals surface area contributed by atoms with Crippen LogP contribution in [0.4, 0.5) is 5.82 Å².